The summed E-state index contributed by atoms with van der Waals surface area (Å²) in [6.07, 6.45) is 4.14. The van der Waals surface area contributed by atoms with Gasteiger partial charge in [-0.25, -0.2) is 0 Å². The van der Waals surface area contributed by atoms with Crippen molar-refractivity contribution in [2.24, 2.45) is 5.92 Å². The maximum atomic E-state index is 12.0. The molecule has 4 nitrogen and oxygen atoms in total. The molecule has 1 amide bonds. The van der Waals surface area contributed by atoms with Gasteiger partial charge in [0.25, 0.3) is 0 Å². The van der Waals surface area contributed by atoms with Crippen LogP contribution in [-0.2, 0) is 4.79 Å². The Balaban J connectivity index is 2.01. The number of rotatable bonds is 3. The Morgan fingerprint density at radius 2 is 2.39 bits per heavy atom. The fourth-order valence-corrected chi connectivity index (χ4v) is 2.35. The summed E-state index contributed by atoms with van der Waals surface area (Å²) < 4.78 is 5.36. The third kappa shape index (κ3) is 2.64. The predicted molar refractivity (Wildman–Crippen MR) is 68.8 cm³/mol. The second-order valence-corrected chi connectivity index (χ2v) is 4.83. The predicted octanol–water partition coefficient (Wildman–Crippen LogP) is 1.83. The van der Waals surface area contributed by atoms with Crippen LogP contribution in [0.2, 0.25) is 0 Å². The first-order chi connectivity index (χ1) is 8.61. The lowest BCUT2D eigenvalue weighted by Crippen LogP contribution is -2.38. The van der Waals surface area contributed by atoms with Gasteiger partial charge in [0.2, 0.25) is 5.91 Å². The first-order valence-corrected chi connectivity index (χ1v) is 6.28. The van der Waals surface area contributed by atoms with E-state index in [-0.39, 0.29) is 18.6 Å². The molecule has 2 unspecified atom stereocenters. The molecule has 1 aromatic rings. The van der Waals surface area contributed by atoms with Gasteiger partial charge >= 0.3 is 0 Å². The van der Waals surface area contributed by atoms with Crippen molar-refractivity contribution in [3.05, 3.63) is 29.7 Å². The van der Waals surface area contributed by atoms with Crippen LogP contribution in [0.25, 0.3) is 6.08 Å². The maximum absolute atomic E-state index is 12.0. The molecule has 1 aliphatic heterocycles. The van der Waals surface area contributed by atoms with Crippen molar-refractivity contribution in [2.45, 2.75) is 26.3 Å². The Morgan fingerprint density at radius 1 is 1.61 bits per heavy atom. The Hall–Kier alpha value is -1.55. The molecule has 4 heteroatoms. The highest BCUT2D eigenvalue weighted by Gasteiger charge is 2.32. The molecule has 1 aliphatic rings. The van der Waals surface area contributed by atoms with Gasteiger partial charge in [0.15, 0.2) is 0 Å². The molecular weight excluding hydrogens is 230 g/mol. The van der Waals surface area contributed by atoms with Gasteiger partial charge in [-0.1, -0.05) is 6.92 Å². The molecule has 1 fully saturated rings. The number of hydrogen-bond acceptors (Lipinski definition) is 3. The summed E-state index contributed by atoms with van der Waals surface area (Å²) in [4.78, 5) is 13.8. The van der Waals surface area contributed by atoms with Crippen LogP contribution >= 0.6 is 0 Å². The number of hydrogen-bond donors (Lipinski definition) is 1. The molecule has 2 heterocycles. The molecule has 1 aromatic heterocycles. The lowest BCUT2D eigenvalue weighted by molar-refractivity contribution is -0.127. The molecule has 2 rings (SSSR count). The molecule has 2 atom stereocenters. The summed E-state index contributed by atoms with van der Waals surface area (Å²) in [6.45, 7) is 4.67. The van der Waals surface area contributed by atoms with E-state index in [9.17, 15) is 9.90 Å². The Bertz CT molecular complexity index is 450. The van der Waals surface area contributed by atoms with E-state index in [1.54, 1.807) is 11.0 Å². The zero-order valence-electron chi connectivity index (χ0n) is 10.8. The Labute approximate surface area is 107 Å². The SMILES string of the molecule is Cc1ccc(/C=C/C(=O)N2CCC(C)C2CO)o1. The number of likely N-dealkylation sites (tertiary alicyclic amines) is 1. The number of furan rings is 1. The highest BCUT2D eigenvalue weighted by Crippen LogP contribution is 2.23. The van der Waals surface area contributed by atoms with Gasteiger partial charge in [-0.15, -0.1) is 0 Å². The Morgan fingerprint density at radius 3 is 3.00 bits per heavy atom. The summed E-state index contributed by atoms with van der Waals surface area (Å²) in [6, 6.07) is 3.63. The largest absolute Gasteiger partial charge is 0.462 e. The summed E-state index contributed by atoms with van der Waals surface area (Å²) in [5.74, 6) is 1.80. The standard InChI is InChI=1S/C14H19NO3/c1-10-7-8-15(13(10)9-16)14(17)6-5-12-4-3-11(2)18-12/h3-6,10,13,16H,7-9H2,1-2H3/b6-5+. The van der Waals surface area contributed by atoms with E-state index in [1.165, 1.54) is 6.08 Å². The van der Waals surface area contributed by atoms with Crippen LogP contribution in [0.3, 0.4) is 0 Å². The maximum Gasteiger partial charge on any atom is 0.247 e. The van der Waals surface area contributed by atoms with Crippen molar-refractivity contribution in [3.63, 3.8) is 0 Å². The van der Waals surface area contributed by atoms with Crippen LogP contribution in [0.1, 0.15) is 24.9 Å². The van der Waals surface area contributed by atoms with Crippen LogP contribution in [0.5, 0.6) is 0 Å². The smallest absolute Gasteiger partial charge is 0.247 e. The van der Waals surface area contributed by atoms with Crippen molar-refractivity contribution < 1.29 is 14.3 Å². The first-order valence-electron chi connectivity index (χ1n) is 6.28. The molecule has 0 bridgehead atoms. The van der Waals surface area contributed by atoms with Gasteiger partial charge in [0.05, 0.1) is 12.6 Å². The van der Waals surface area contributed by atoms with Crippen molar-refractivity contribution in [3.8, 4) is 0 Å². The van der Waals surface area contributed by atoms with Crippen LogP contribution in [-0.4, -0.2) is 35.1 Å². The fourth-order valence-electron chi connectivity index (χ4n) is 2.35. The minimum absolute atomic E-state index is 0.0284. The van der Waals surface area contributed by atoms with Crippen molar-refractivity contribution in [1.82, 2.24) is 4.90 Å². The Kier molecular flexibility index (Phi) is 3.87. The lowest BCUT2D eigenvalue weighted by atomic mass is 10.0. The van der Waals surface area contributed by atoms with Crippen LogP contribution in [0.15, 0.2) is 22.6 Å². The average Bonchev–Trinajstić information content (AvgIpc) is 2.92. The van der Waals surface area contributed by atoms with Crippen LogP contribution in [0.4, 0.5) is 0 Å². The number of amides is 1. The first kappa shape index (κ1) is 12.9. The van der Waals surface area contributed by atoms with E-state index >= 15 is 0 Å². The summed E-state index contributed by atoms with van der Waals surface area (Å²) >= 11 is 0. The van der Waals surface area contributed by atoms with E-state index in [0.717, 1.165) is 12.2 Å². The second kappa shape index (κ2) is 5.40. The van der Waals surface area contributed by atoms with Gasteiger partial charge in [-0.3, -0.25) is 4.79 Å². The van der Waals surface area contributed by atoms with E-state index in [0.29, 0.717) is 18.2 Å². The zero-order valence-corrected chi connectivity index (χ0v) is 10.8. The van der Waals surface area contributed by atoms with Crippen molar-refractivity contribution in [2.75, 3.05) is 13.2 Å². The molecule has 0 spiro atoms. The van der Waals surface area contributed by atoms with Crippen LogP contribution in [0, 0.1) is 12.8 Å². The zero-order chi connectivity index (χ0) is 13.1. The van der Waals surface area contributed by atoms with Gasteiger partial charge < -0.3 is 14.4 Å². The number of aliphatic hydroxyl groups excluding tert-OH is 1. The fraction of sp³-hybridized carbons (Fsp3) is 0.500. The highest BCUT2D eigenvalue weighted by atomic mass is 16.3. The van der Waals surface area contributed by atoms with E-state index in [1.807, 2.05) is 19.1 Å². The molecule has 0 aliphatic carbocycles. The van der Waals surface area contributed by atoms with E-state index in [4.69, 9.17) is 4.42 Å². The summed E-state index contributed by atoms with van der Waals surface area (Å²) in [5, 5.41) is 9.31. The quantitative estimate of drug-likeness (QED) is 0.831. The molecule has 98 valence electrons. The highest BCUT2D eigenvalue weighted by molar-refractivity contribution is 5.91. The molecule has 1 saturated heterocycles. The second-order valence-electron chi connectivity index (χ2n) is 4.83. The van der Waals surface area contributed by atoms with Gasteiger partial charge in [-0.05, 0) is 37.5 Å². The molecule has 0 aromatic carbocycles. The molecule has 1 N–H and O–H groups in total. The number of aliphatic hydroxyl groups is 1. The normalized spacial score (nSPS) is 24.1. The van der Waals surface area contributed by atoms with Crippen LogP contribution < -0.4 is 0 Å². The van der Waals surface area contributed by atoms with E-state index in [2.05, 4.69) is 6.92 Å². The number of aryl methyl sites for hydroxylation is 1. The van der Waals surface area contributed by atoms with Gasteiger partial charge in [-0.2, -0.15) is 0 Å². The average molecular weight is 249 g/mol. The molecule has 0 saturated carbocycles. The lowest BCUT2D eigenvalue weighted by Gasteiger charge is -2.23. The number of carbonyl (C=O) groups is 1. The summed E-state index contributed by atoms with van der Waals surface area (Å²) in [7, 11) is 0. The minimum Gasteiger partial charge on any atom is -0.462 e. The third-order valence-electron chi connectivity index (χ3n) is 3.50. The van der Waals surface area contributed by atoms with E-state index < -0.39 is 0 Å². The van der Waals surface area contributed by atoms with Gasteiger partial charge in [0.1, 0.15) is 11.5 Å². The molecule has 18 heavy (non-hydrogen) atoms. The van der Waals surface area contributed by atoms with Gasteiger partial charge in [0, 0.05) is 12.6 Å². The molecule has 0 radical (unpaired) electrons. The third-order valence-corrected chi connectivity index (χ3v) is 3.50. The minimum atomic E-state index is -0.0625. The number of carbonyl (C=O) groups excluding carboxylic acids is 1. The van der Waals surface area contributed by atoms with Crippen molar-refractivity contribution in [1.29, 1.82) is 0 Å². The summed E-state index contributed by atoms with van der Waals surface area (Å²) in [5.41, 5.74) is 0. The van der Waals surface area contributed by atoms with Crippen molar-refractivity contribution >= 4 is 12.0 Å². The molecular formula is C14H19NO3. The topological polar surface area (TPSA) is 53.7 Å². The number of nitrogens with zero attached hydrogens (tertiary/aromatic N) is 1. The monoisotopic (exact) mass is 249 g/mol.